The second kappa shape index (κ2) is 6.78. The highest BCUT2D eigenvalue weighted by Crippen LogP contribution is 2.30. The zero-order chi connectivity index (χ0) is 14.5. The number of esters is 1. The van der Waals surface area contributed by atoms with E-state index in [4.69, 9.17) is 4.74 Å². The van der Waals surface area contributed by atoms with E-state index in [1.165, 1.54) is 19.3 Å². The van der Waals surface area contributed by atoms with Gasteiger partial charge in [0.05, 0.1) is 12.2 Å². The van der Waals surface area contributed by atoms with E-state index >= 15 is 0 Å². The van der Waals surface area contributed by atoms with Gasteiger partial charge in [0.25, 0.3) is 0 Å². The van der Waals surface area contributed by atoms with Crippen LogP contribution >= 0.6 is 0 Å². The number of anilines is 1. The monoisotopic (exact) mass is 275 g/mol. The lowest BCUT2D eigenvalue weighted by Gasteiger charge is -2.34. The highest BCUT2D eigenvalue weighted by atomic mass is 16.5. The first-order chi connectivity index (χ1) is 9.60. The molecule has 0 saturated heterocycles. The molecule has 0 aliphatic heterocycles. The third-order valence-electron chi connectivity index (χ3n) is 4.21. The van der Waals surface area contributed by atoms with E-state index in [1.54, 1.807) is 0 Å². The zero-order valence-electron chi connectivity index (χ0n) is 12.7. The van der Waals surface area contributed by atoms with Gasteiger partial charge in [-0.3, -0.25) is 0 Å². The fourth-order valence-corrected chi connectivity index (χ4v) is 2.86. The molecule has 1 saturated carbocycles. The molecule has 3 nitrogen and oxygen atoms in total. The summed E-state index contributed by atoms with van der Waals surface area (Å²) in [5.74, 6) is 1.25. The van der Waals surface area contributed by atoms with Gasteiger partial charge in [0.15, 0.2) is 0 Å². The van der Waals surface area contributed by atoms with Crippen molar-refractivity contribution in [1.29, 1.82) is 0 Å². The number of hydrogen-bond acceptors (Lipinski definition) is 3. The lowest BCUT2D eigenvalue weighted by atomic mass is 9.80. The first-order valence-electron chi connectivity index (χ1n) is 7.64. The van der Waals surface area contributed by atoms with Crippen LogP contribution in [0, 0.1) is 11.8 Å². The molecule has 1 aromatic rings. The van der Waals surface area contributed by atoms with Crippen molar-refractivity contribution in [2.45, 2.75) is 46.1 Å². The third-order valence-corrected chi connectivity index (χ3v) is 4.21. The standard InChI is InChI=1S/C17H25NO2/c1-4-20-17(19)14-7-9-15(10-8-14)18-16-11-12(2)5-6-13(16)3/h7-10,12-13,16,18H,4-6,11H2,1-3H3. The molecule has 1 aliphatic carbocycles. The lowest BCUT2D eigenvalue weighted by Crippen LogP contribution is -2.33. The normalized spacial score (nSPS) is 26.1. The van der Waals surface area contributed by atoms with Crippen LogP contribution in [-0.2, 0) is 4.74 Å². The summed E-state index contributed by atoms with van der Waals surface area (Å²) in [6, 6.07) is 8.14. The Morgan fingerprint density at radius 1 is 1.25 bits per heavy atom. The van der Waals surface area contributed by atoms with Crippen LogP contribution in [0.5, 0.6) is 0 Å². The number of rotatable bonds is 4. The summed E-state index contributed by atoms with van der Waals surface area (Å²) < 4.78 is 4.99. The average Bonchev–Trinajstić information content (AvgIpc) is 2.44. The molecule has 1 N–H and O–H groups in total. The molecule has 3 atom stereocenters. The molecule has 0 aromatic heterocycles. The molecule has 3 unspecified atom stereocenters. The number of carbonyl (C=O) groups is 1. The van der Waals surface area contributed by atoms with Gasteiger partial charge in [0, 0.05) is 11.7 Å². The summed E-state index contributed by atoms with van der Waals surface area (Å²) in [6.45, 7) is 6.87. The zero-order valence-corrected chi connectivity index (χ0v) is 12.7. The van der Waals surface area contributed by atoms with Crippen LogP contribution in [-0.4, -0.2) is 18.6 Å². The van der Waals surface area contributed by atoms with E-state index in [-0.39, 0.29) is 5.97 Å². The molecule has 20 heavy (non-hydrogen) atoms. The summed E-state index contributed by atoms with van der Waals surface area (Å²) in [7, 11) is 0. The maximum Gasteiger partial charge on any atom is 0.338 e. The Morgan fingerprint density at radius 2 is 1.95 bits per heavy atom. The highest BCUT2D eigenvalue weighted by Gasteiger charge is 2.25. The SMILES string of the molecule is CCOC(=O)c1ccc(NC2CC(C)CCC2C)cc1. The maximum absolute atomic E-state index is 11.6. The summed E-state index contributed by atoms with van der Waals surface area (Å²) in [5.41, 5.74) is 1.70. The number of nitrogens with one attached hydrogen (secondary N) is 1. The van der Waals surface area contributed by atoms with Gasteiger partial charge in [-0.25, -0.2) is 4.79 Å². The maximum atomic E-state index is 11.6. The van der Waals surface area contributed by atoms with Crippen molar-refractivity contribution in [3.63, 3.8) is 0 Å². The number of carbonyl (C=O) groups excluding carboxylic acids is 1. The Labute approximate surface area is 121 Å². The van der Waals surface area contributed by atoms with Crippen molar-refractivity contribution in [1.82, 2.24) is 0 Å². The Hall–Kier alpha value is -1.51. The van der Waals surface area contributed by atoms with Crippen molar-refractivity contribution in [3.05, 3.63) is 29.8 Å². The quantitative estimate of drug-likeness (QED) is 0.841. The second-order valence-electron chi connectivity index (χ2n) is 5.94. The molecule has 0 amide bonds. The molecule has 0 heterocycles. The smallest absolute Gasteiger partial charge is 0.338 e. The number of ether oxygens (including phenoxy) is 1. The Morgan fingerprint density at radius 3 is 2.60 bits per heavy atom. The molecule has 1 fully saturated rings. The van der Waals surface area contributed by atoms with E-state index < -0.39 is 0 Å². The van der Waals surface area contributed by atoms with Crippen molar-refractivity contribution in [2.75, 3.05) is 11.9 Å². The topological polar surface area (TPSA) is 38.3 Å². The molecule has 110 valence electrons. The van der Waals surface area contributed by atoms with Crippen molar-refractivity contribution < 1.29 is 9.53 Å². The number of hydrogen-bond donors (Lipinski definition) is 1. The van der Waals surface area contributed by atoms with Gasteiger partial charge in [0.2, 0.25) is 0 Å². The molecule has 0 bridgehead atoms. The van der Waals surface area contributed by atoms with Crippen LogP contribution in [0.25, 0.3) is 0 Å². The summed E-state index contributed by atoms with van der Waals surface area (Å²) >= 11 is 0. The van der Waals surface area contributed by atoms with E-state index in [2.05, 4.69) is 19.2 Å². The molecule has 1 aliphatic rings. The van der Waals surface area contributed by atoms with Gasteiger partial charge in [-0.05, 0) is 55.9 Å². The molecular weight excluding hydrogens is 250 g/mol. The molecule has 2 rings (SSSR count). The van der Waals surface area contributed by atoms with Crippen LogP contribution in [0.2, 0.25) is 0 Å². The van der Waals surface area contributed by atoms with Gasteiger partial charge in [0.1, 0.15) is 0 Å². The molecular formula is C17H25NO2. The first kappa shape index (κ1) is 14.9. The van der Waals surface area contributed by atoms with Gasteiger partial charge in [-0.2, -0.15) is 0 Å². The van der Waals surface area contributed by atoms with Gasteiger partial charge < -0.3 is 10.1 Å². The summed E-state index contributed by atoms with van der Waals surface area (Å²) in [5, 5.41) is 3.61. The minimum Gasteiger partial charge on any atom is -0.462 e. The van der Waals surface area contributed by atoms with Gasteiger partial charge in [-0.1, -0.05) is 20.3 Å². The second-order valence-corrected chi connectivity index (χ2v) is 5.94. The molecule has 0 radical (unpaired) electrons. The Bertz CT molecular complexity index is 441. The van der Waals surface area contributed by atoms with Crippen LogP contribution in [0.4, 0.5) is 5.69 Å². The van der Waals surface area contributed by atoms with E-state index in [1.807, 2.05) is 31.2 Å². The fourth-order valence-electron chi connectivity index (χ4n) is 2.86. The average molecular weight is 275 g/mol. The Balaban J connectivity index is 1.98. The highest BCUT2D eigenvalue weighted by molar-refractivity contribution is 5.89. The van der Waals surface area contributed by atoms with E-state index in [9.17, 15) is 4.79 Å². The largest absolute Gasteiger partial charge is 0.462 e. The minimum absolute atomic E-state index is 0.251. The van der Waals surface area contributed by atoms with Crippen LogP contribution in [0.3, 0.4) is 0 Å². The van der Waals surface area contributed by atoms with Gasteiger partial charge >= 0.3 is 5.97 Å². The van der Waals surface area contributed by atoms with Crippen LogP contribution in [0.15, 0.2) is 24.3 Å². The van der Waals surface area contributed by atoms with E-state index in [0.29, 0.717) is 24.1 Å². The number of benzene rings is 1. The summed E-state index contributed by atoms with van der Waals surface area (Å²) in [6.07, 6.45) is 3.85. The molecule has 3 heteroatoms. The molecule has 1 aromatic carbocycles. The lowest BCUT2D eigenvalue weighted by molar-refractivity contribution is 0.0526. The Kier molecular flexibility index (Phi) is 5.05. The third kappa shape index (κ3) is 3.75. The van der Waals surface area contributed by atoms with E-state index in [0.717, 1.165) is 11.6 Å². The predicted molar refractivity (Wildman–Crippen MR) is 82.0 cm³/mol. The van der Waals surface area contributed by atoms with Crippen molar-refractivity contribution in [3.8, 4) is 0 Å². The van der Waals surface area contributed by atoms with Crippen LogP contribution in [0.1, 0.15) is 50.4 Å². The van der Waals surface area contributed by atoms with Crippen molar-refractivity contribution >= 4 is 11.7 Å². The van der Waals surface area contributed by atoms with Crippen molar-refractivity contribution in [2.24, 2.45) is 11.8 Å². The minimum atomic E-state index is -0.251. The molecule has 0 spiro atoms. The first-order valence-corrected chi connectivity index (χ1v) is 7.64. The van der Waals surface area contributed by atoms with Crippen LogP contribution < -0.4 is 5.32 Å². The fraction of sp³-hybridized carbons (Fsp3) is 0.588. The van der Waals surface area contributed by atoms with Gasteiger partial charge in [-0.15, -0.1) is 0 Å². The summed E-state index contributed by atoms with van der Waals surface area (Å²) in [4.78, 5) is 11.6. The predicted octanol–water partition coefficient (Wildman–Crippen LogP) is 4.10.